The lowest BCUT2D eigenvalue weighted by atomic mass is 9.64. The number of carbonyl (C=O) groups excluding carboxylic acids is 2. The Morgan fingerprint density at radius 2 is 1.28 bits per heavy atom. The van der Waals surface area contributed by atoms with Crippen LogP contribution in [0.25, 0.3) is 0 Å². The lowest BCUT2D eigenvalue weighted by Crippen LogP contribution is -2.43. The summed E-state index contributed by atoms with van der Waals surface area (Å²) in [4.78, 5) is 29.4. The van der Waals surface area contributed by atoms with Crippen LogP contribution in [-0.4, -0.2) is 31.9 Å². The first-order valence-corrected chi connectivity index (χ1v) is 15.0. The summed E-state index contributed by atoms with van der Waals surface area (Å²) in [6.07, 6.45) is 2.09. The van der Waals surface area contributed by atoms with Crippen molar-refractivity contribution >= 4 is 44.9 Å². The van der Waals surface area contributed by atoms with Gasteiger partial charge in [0.05, 0.1) is 10.0 Å². The van der Waals surface area contributed by atoms with Crippen LogP contribution in [0.1, 0.15) is 64.9 Å². The molecule has 0 N–H and O–H groups in total. The third-order valence-electron chi connectivity index (χ3n) is 7.76. The maximum atomic E-state index is 13.7. The van der Waals surface area contributed by atoms with Gasteiger partial charge in [-0.25, -0.2) is 0 Å². The smallest absolute Gasteiger partial charge is 0.339 e. The predicted molar refractivity (Wildman–Crippen MR) is 151 cm³/mol. The summed E-state index contributed by atoms with van der Waals surface area (Å²) < 4.78 is 31.1. The number of rotatable bonds is 4. The lowest BCUT2D eigenvalue weighted by molar-refractivity contribution is -0.119. The Morgan fingerprint density at radius 3 is 1.74 bits per heavy atom. The van der Waals surface area contributed by atoms with E-state index in [1.807, 2.05) is 11.9 Å². The molecule has 0 spiro atoms. The molecular formula is C30H31Cl2NO5S. The Morgan fingerprint density at radius 1 is 0.821 bits per heavy atom. The molecule has 39 heavy (non-hydrogen) atoms. The molecule has 3 aliphatic rings. The first kappa shape index (κ1) is 27.9. The monoisotopic (exact) mass is 587 g/mol. The first-order chi connectivity index (χ1) is 18.1. The van der Waals surface area contributed by atoms with Crippen molar-refractivity contribution in [2.45, 2.75) is 64.2 Å². The van der Waals surface area contributed by atoms with E-state index in [9.17, 15) is 18.0 Å². The minimum atomic E-state index is -4.19. The highest BCUT2D eigenvalue weighted by Crippen LogP contribution is 2.54. The predicted octanol–water partition coefficient (Wildman–Crippen LogP) is 7.08. The van der Waals surface area contributed by atoms with Gasteiger partial charge < -0.3 is 9.08 Å². The standard InChI is InChI=1S/C30H31Cl2NO5S/c1-29(2)13-21-26(23(34)15-29)25(27-22(33(21)5)14-30(3,4)16-24(27)35)17-11-19(31)28(20(32)12-17)38-39(36,37)18-9-7-6-8-10-18/h6-12,25H,13-16H2,1-5H3. The number of halogens is 2. The van der Waals surface area contributed by atoms with Crippen molar-refractivity contribution in [3.63, 3.8) is 0 Å². The zero-order chi connectivity index (χ0) is 28.5. The van der Waals surface area contributed by atoms with Gasteiger partial charge in [0.25, 0.3) is 0 Å². The summed E-state index contributed by atoms with van der Waals surface area (Å²) >= 11 is 13.2. The maximum Gasteiger partial charge on any atom is 0.339 e. The van der Waals surface area contributed by atoms with E-state index in [2.05, 4.69) is 27.7 Å². The minimum absolute atomic E-state index is 0.0125. The van der Waals surface area contributed by atoms with Crippen LogP contribution in [0.3, 0.4) is 0 Å². The van der Waals surface area contributed by atoms with Crippen molar-refractivity contribution in [1.29, 1.82) is 0 Å². The van der Waals surface area contributed by atoms with E-state index >= 15 is 0 Å². The highest BCUT2D eigenvalue weighted by atomic mass is 35.5. The van der Waals surface area contributed by atoms with E-state index in [-0.39, 0.29) is 43.1 Å². The third-order valence-corrected chi connectivity index (χ3v) is 9.56. The van der Waals surface area contributed by atoms with Gasteiger partial charge in [-0.1, -0.05) is 69.1 Å². The molecule has 0 unspecified atom stereocenters. The van der Waals surface area contributed by atoms with Gasteiger partial charge in [0, 0.05) is 48.3 Å². The number of Topliss-reactive ketones (excluding diaryl/α,β-unsaturated/α-hetero) is 2. The van der Waals surface area contributed by atoms with Crippen molar-refractivity contribution in [2.24, 2.45) is 10.8 Å². The van der Waals surface area contributed by atoms with Gasteiger partial charge in [0.2, 0.25) is 0 Å². The molecule has 9 heteroatoms. The molecule has 0 aromatic heterocycles. The Bertz CT molecular complexity index is 1490. The summed E-state index contributed by atoms with van der Waals surface area (Å²) in [5, 5.41) is -0.0418. The zero-order valence-electron chi connectivity index (χ0n) is 22.6. The molecule has 2 aliphatic carbocycles. The number of ketones is 2. The molecule has 6 nitrogen and oxygen atoms in total. The molecular weight excluding hydrogens is 557 g/mol. The van der Waals surface area contributed by atoms with Gasteiger partial charge in [-0.05, 0) is 53.5 Å². The Hall–Kier alpha value is -2.61. The van der Waals surface area contributed by atoms with Crippen molar-refractivity contribution in [1.82, 2.24) is 4.90 Å². The SMILES string of the molecule is CN1C2=C(C(=O)CC(C)(C)C2)C(c2cc(Cl)c(OS(=O)(=O)c3ccccc3)c(Cl)c2)C2=C1CC(C)(C)CC2=O. The van der Waals surface area contributed by atoms with Crippen LogP contribution < -0.4 is 4.18 Å². The average Bonchev–Trinajstić information content (AvgIpc) is 2.82. The van der Waals surface area contributed by atoms with Crippen LogP contribution in [0.4, 0.5) is 0 Å². The average molecular weight is 589 g/mol. The highest BCUT2D eigenvalue weighted by molar-refractivity contribution is 7.87. The molecule has 0 bridgehead atoms. The highest BCUT2D eigenvalue weighted by Gasteiger charge is 2.48. The fraction of sp³-hybridized carbons (Fsp3) is 0.400. The number of allylic oxidation sites excluding steroid dienone is 4. The van der Waals surface area contributed by atoms with Crippen LogP contribution >= 0.6 is 23.2 Å². The minimum Gasteiger partial charge on any atom is -0.376 e. The number of nitrogens with zero attached hydrogens (tertiary/aromatic N) is 1. The fourth-order valence-electron chi connectivity index (χ4n) is 6.07. The van der Waals surface area contributed by atoms with E-state index in [0.29, 0.717) is 42.4 Å². The van der Waals surface area contributed by atoms with Crippen molar-refractivity contribution < 1.29 is 22.2 Å². The van der Waals surface area contributed by atoms with Crippen LogP contribution in [0, 0.1) is 10.8 Å². The van der Waals surface area contributed by atoms with E-state index in [1.54, 1.807) is 30.3 Å². The number of carbonyl (C=O) groups is 2. The second-order valence-electron chi connectivity index (χ2n) is 12.3. The molecule has 206 valence electrons. The van der Waals surface area contributed by atoms with Crippen molar-refractivity contribution in [2.75, 3.05) is 7.05 Å². The molecule has 0 fully saturated rings. The van der Waals surface area contributed by atoms with Gasteiger partial charge in [-0.3, -0.25) is 9.59 Å². The maximum absolute atomic E-state index is 13.7. The number of benzene rings is 2. The second-order valence-corrected chi connectivity index (χ2v) is 14.6. The van der Waals surface area contributed by atoms with Crippen LogP contribution in [-0.2, 0) is 19.7 Å². The molecule has 0 amide bonds. The Labute approximate surface area is 239 Å². The molecule has 0 saturated carbocycles. The number of hydrogen-bond acceptors (Lipinski definition) is 6. The lowest BCUT2D eigenvalue weighted by Gasteiger charge is -2.48. The van der Waals surface area contributed by atoms with E-state index < -0.39 is 16.0 Å². The molecule has 5 rings (SSSR count). The molecule has 2 aromatic carbocycles. The molecule has 1 heterocycles. The molecule has 0 saturated heterocycles. The van der Waals surface area contributed by atoms with Gasteiger partial charge >= 0.3 is 10.1 Å². The summed E-state index contributed by atoms with van der Waals surface area (Å²) in [5.74, 6) is -0.870. The molecule has 1 aliphatic heterocycles. The van der Waals surface area contributed by atoms with Gasteiger partial charge in [-0.15, -0.1) is 0 Å². The topological polar surface area (TPSA) is 80.8 Å². The third kappa shape index (κ3) is 5.05. The second kappa shape index (κ2) is 9.50. The summed E-state index contributed by atoms with van der Waals surface area (Å²) in [5.41, 5.74) is 3.10. The molecule has 0 radical (unpaired) electrons. The zero-order valence-corrected chi connectivity index (χ0v) is 24.9. The van der Waals surface area contributed by atoms with Crippen molar-refractivity contribution in [3.8, 4) is 5.75 Å². The fourth-order valence-corrected chi connectivity index (χ4v) is 7.73. The summed E-state index contributed by atoms with van der Waals surface area (Å²) in [7, 11) is -2.25. The largest absolute Gasteiger partial charge is 0.376 e. The van der Waals surface area contributed by atoms with Crippen LogP contribution in [0.15, 0.2) is 69.9 Å². The van der Waals surface area contributed by atoms with Crippen molar-refractivity contribution in [3.05, 3.63) is 80.6 Å². The molecule has 0 atom stereocenters. The van der Waals surface area contributed by atoms with Gasteiger partial charge in [0.1, 0.15) is 4.90 Å². The molecule has 2 aromatic rings. The van der Waals surface area contributed by atoms with E-state index in [4.69, 9.17) is 27.4 Å². The van der Waals surface area contributed by atoms with Crippen LogP contribution in [0.5, 0.6) is 5.75 Å². The normalized spacial score (nSPS) is 21.2. The Balaban J connectivity index is 1.66. The van der Waals surface area contributed by atoms with E-state index in [1.165, 1.54) is 12.1 Å². The quantitative estimate of drug-likeness (QED) is 0.355. The summed E-state index contributed by atoms with van der Waals surface area (Å²) in [6.45, 7) is 8.30. The van der Waals surface area contributed by atoms with Crippen LogP contribution in [0.2, 0.25) is 10.0 Å². The van der Waals surface area contributed by atoms with E-state index in [0.717, 1.165) is 11.4 Å². The first-order valence-electron chi connectivity index (χ1n) is 12.8. The number of hydrogen-bond donors (Lipinski definition) is 0. The van der Waals surface area contributed by atoms with Gasteiger partial charge in [0.15, 0.2) is 17.3 Å². The summed E-state index contributed by atoms with van der Waals surface area (Å²) in [6, 6.07) is 10.8. The Kier molecular flexibility index (Phi) is 6.80. The van der Waals surface area contributed by atoms with Gasteiger partial charge in [-0.2, -0.15) is 8.42 Å².